The predicted octanol–water partition coefficient (Wildman–Crippen LogP) is 1.28. The lowest BCUT2D eigenvalue weighted by Gasteiger charge is -2.34. The minimum Gasteiger partial charge on any atom is -0.392 e. The third kappa shape index (κ3) is 9.30. The summed E-state index contributed by atoms with van der Waals surface area (Å²) in [6.07, 6.45) is 3.02. The molecule has 23 heavy (non-hydrogen) atoms. The van der Waals surface area contributed by atoms with Crippen LogP contribution in [0.3, 0.4) is 0 Å². The number of carbonyl (C=O) groups is 1. The minimum atomic E-state index is -0.296. The van der Waals surface area contributed by atoms with E-state index in [4.69, 9.17) is 0 Å². The van der Waals surface area contributed by atoms with Crippen LogP contribution in [-0.4, -0.2) is 71.2 Å². The number of aliphatic hydroxyl groups is 1. The molecule has 1 aliphatic rings. The zero-order chi connectivity index (χ0) is 14.4. The van der Waals surface area contributed by atoms with Gasteiger partial charge in [-0.15, -0.1) is 37.2 Å². The number of aromatic nitrogens is 1. The van der Waals surface area contributed by atoms with Crippen LogP contribution in [0.1, 0.15) is 6.92 Å². The van der Waals surface area contributed by atoms with Crippen molar-refractivity contribution in [2.45, 2.75) is 13.0 Å². The Morgan fingerprint density at radius 1 is 1.26 bits per heavy atom. The molecule has 1 aromatic rings. The molecule has 9 heteroatoms. The average molecular weight is 388 g/mol. The molecule has 134 valence electrons. The molecule has 1 fully saturated rings. The Morgan fingerprint density at radius 2 is 1.87 bits per heavy atom. The van der Waals surface area contributed by atoms with Crippen LogP contribution >= 0.6 is 37.2 Å². The number of hydrogen-bond acceptors (Lipinski definition) is 5. The first-order valence-corrected chi connectivity index (χ1v) is 6.96. The van der Waals surface area contributed by atoms with Crippen molar-refractivity contribution in [3.8, 4) is 0 Å². The molecule has 1 saturated heterocycles. The summed E-state index contributed by atoms with van der Waals surface area (Å²) in [6.45, 7) is 6.40. The third-order valence-corrected chi connectivity index (χ3v) is 3.30. The zero-order valence-electron chi connectivity index (χ0n) is 13.1. The van der Waals surface area contributed by atoms with E-state index in [1.54, 1.807) is 25.4 Å². The fourth-order valence-corrected chi connectivity index (χ4v) is 2.34. The maximum Gasteiger partial charge on any atom is 0.238 e. The topological polar surface area (TPSA) is 68.7 Å². The van der Waals surface area contributed by atoms with Gasteiger partial charge >= 0.3 is 0 Å². The minimum absolute atomic E-state index is 0. The van der Waals surface area contributed by atoms with Crippen molar-refractivity contribution >= 4 is 48.8 Å². The van der Waals surface area contributed by atoms with Crippen molar-refractivity contribution in [1.82, 2.24) is 14.8 Å². The highest BCUT2D eigenvalue weighted by atomic mass is 35.5. The first-order chi connectivity index (χ1) is 9.63. The van der Waals surface area contributed by atoms with Gasteiger partial charge in [0.15, 0.2) is 0 Å². The van der Waals surface area contributed by atoms with Crippen molar-refractivity contribution in [3.05, 3.63) is 24.5 Å². The van der Waals surface area contributed by atoms with E-state index in [2.05, 4.69) is 20.1 Å². The van der Waals surface area contributed by atoms with E-state index in [9.17, 15) is 9.90 Å². The number of rotatable bonds is 5. The number of nitrogens with zero attached hydrogens (tertiary/aromatic N) is 3. The molecule has 0 spiro atoms. The molecule has 0 saturated carbocycles. The molecule has 1 atom stereocenters. The molecule has 1 aromatic heterocycles. The molecule has 0 aromatic carbocycles. The van der Waals surface area contributed by atoms with E-state index in [1.807, 2.05) is 6.07 Å². The molecule has 2 heterocycles. The molecule has 1 unspecified atom stereocenters. The number of amides is 1. The van der Waals surface area contributed by atoms with E-state index >= 15 is 0 Å². The highest BCUT2D eigenvalue weighted by Crippen LogP contribution is 2.05. The molecule has 0 radical (unpaired) electrons. The van der Waals surface area contributed by atoms with Crippen LogP contribution in [0, 0.1) is 0 Å². The highest BCUT2D eigenvalue weighted by Gasteiger charge is 2.19. The third-order valence-electron chi connectivity index (χ3n) is 3.30. The highest BCUT2D eigenvalue weighted by molar-refractivity contribution is 5.92. The maximum absolute atomic E-state index is 11.9. The molecule has 0 bridgehead atoms. The molecule has 2 N–H and O–H groups in total. The normalized spacial score (nSPS) is 16.3. The Bertz CT molecular complexity index is 429. The fraction of sp³-hybridized carbons (Fsp3) is 0.571. The van der Waals surface area contributed by atoms with E-state index in [1.165, 1.54) is 0 Å². The van der Waals surface area contributed by atoms with Gasteiger partial charge in [-0.3, -0.25) is 19.6 Å². The van der Waals surface area contributed by atoms with Gasteiger partial charge in [0, 0.05) is 38.9 Å². The van der Waals surface area contributed by atoms with Gasteiger partial charge in [0.25, 0.3) is 0 Å². The van der Waals surface area contributed by atoms with Crippen molar-refractivity contribution in [2.24, 2.45) is 0 Å². The zero-order valence-corrected chi connectivity index (χ0v) is 15.5. The standard InChI is InChI=1S/C14H22N4O2.3ClH/c1-12(19)10-17-5-7-18(8-6-17)11-14(20)16-13-3-2-4-15-9-13;;;/h2-4,9,12,19H,5-8,10-11H2,1H3,(H,16,20);3*1H. The first-order valence-electron chi connectivity index (χ1n) is 6.96. The van der Waals surface area contributed by atoms with Gasteiger partial charge < -0.3 is 10.4 Å². The summed E-state index contributed by atoms with van der Waals surface area (Å²) in [5, 5.41) is 12.2. The largest absolute Gasteiger partial charge is 0.392 e. The molecular formula is C14H25Cl3N4O2. The SMILES string of the molecule is CC(O)CN1CCN(CC(=O)Nc2cccnc2)CC1.Cl.Cl.Cl. The van der Waals surface area contributed by atoms with Crippen molar-refractivity contribution in [2.75, 3.05) is 44.6 Å². The Labute approximate surface area is 155 Å². The lowest BCUT2D eigenvalue weighted by Crippen LogP contribution is -2.50. The maximum atomic E-state index is 11.9. The number of β-amino-alcohol motifs (C(OH)–C–C–N with tert-alkyl or cyclic N) is 1. The van der Waals surface area contributed by atoms with Gasteiger partial charge in [-0.25, -0.2) is 0 Å². The fourth-order valence-electron chi connectivity index (χ4n) is 2.34. The second kappa shape index (κ2) is 12.8. The smallest absolute Gasteiger partial charge is 0.238 e. The Kier molecular flexibility index (Phi) is 13.6. The summed E-state index contributed by atoms with van der Waals surface area (Å²) in [7, 11) is 0. The summed E-state index contributed by atoms with van der Waals surface area (Å²) in [6, 6.07) is 3.62. The molecular weight excluding hydrogens is 363 g/mol. The van der Waals surface area contributed by atoms with Crippen LogP contribution in [0.25, 0.3) is 0 Å². The van der Waals surface area contributed by atoms with E-state index in [0.29, 0.717) is 13.1 Å². The second-order valence-corrected chi connectivity index (χ2v) is 5.22. The number of halogens is 3. The van der Waals surface area contributed by atoms with Gasteiger partial charge in [0.2, 0.25) is 5.91 Å². The molecule has 0 aliphatic carbocycles. The number of pyridine rings is 1. The van der Waals surface area contributed by atoms with Crippen LogP contribution < -0.4 is 5.32 Å². The van der Waals surface area contributed by atoms with E-state index in [-0.39, 0.29) is 49.2 Å². The second-order valence-electron chi connectivity index (χ2n) is 5.22. The molecule has 1 aliphatic heterocycles. The van der Waals surface area contributed by atoms with Crippen molar-refractivity contribution in [3.63, 3.8) is 0 Å². The van der Waals surface area contributed by atoms with Crippen LogP contribution in [0.15, 0.2) is 24.5 Å². The number of carbonyl (C=O) groups excluding carboxylic acids is 1. The number of nitrogens with one attached hydrogen (secondary N) is 1. The van der Waals surface area contributed by atoms with Crippen molar-refractivity contribution in [1.29, 1.82) is 0 Å². The van der Waals surface area contributed by atoms with E-state index < -0.39 is 0 Å². The average Bonchev–Trinajstić information content (AvgIpc) is 2.41. The molecule has 1 amide bonds. The van der Waals surface area contributed by atoms with Gasteiger partial charge in [0.1, 0.15) is 0 Å². The Morgan fingerprint density at radius 3 is 2.39 bits per heavy atom. The Balaban J connectivity index is 0. The molecule has 6 nitrogen and oxygen atoms in total. The van der Waals surface area contributed by atoms with Crippen LogP contribution in [0.4, 0.5) is 5.69 Å². The quantitative estimate of drug-likeness (QED) is 0.797. The summed E-state index contributed by atoms with van der Waals surface area (Å²) in [5.41, 5.74) is 0.727. The number of anilines is 1. The van der Waals surface area contributed by atoms with Gasteiger partial charge in [-0.1, -0.05) is 0 Å². The van der Waals surface area contributed by atoms with Gasteiger partial charge in [-0.2, -0.15) is 0 Å². The van der Waals surface area contributed by atoms with Crippen LogP contribution in [0.2, 0.25) is 0 Å². The van der Waals surface area contributed by atoms with Gasteiger partial charge in [-0.05, 0) is 19.1 Å². The Hall–Kier alpha value is -0.630. The van der Waals surface area contributed by atoms with E-state index in [0.717, 1.165) is 31.9 Å². The van der Waals surface area contributed by atoms with Crippen LogP contribution in [-0.2, 0) is 4.79 Å². The monoisotopic (exact) mass is 386 g/mol. The summed E-state index contributed by atoms with van der Waals surface area (Å²) in [4.78, 5) is 20.2. The summed E-state index contributed by atoms with van der Waals surface area (Å²) in [5.74, 6) is -0.0121. The van der Waals surface area contributed by atoms with Crippen LogP contribution in [0.5, 0.6) is 0 Å². The summed E-state index contributed by atoms with van der Waals surface area (Å²) >= 11 is 0. The van der Waals surface area contributed by atoms with Gasteiger partial charge in [0.05, 0.1) is 24.5 Å². The number of hydrogen-bond donors (Lipinski definition) is 2. The first kappa shape index (κ1) is 24.6. The number of piperazine rings is 1. The number of aliphatic hydroxyl groups excluding tert-OH is 1. The summed E-state index contributed by atoms with van der Waals surface area (Å²) < 4.78 is 0. The lowest BCUT2D eigenvalue weighted by molar-refractivity contribution is -0.117. The molecule has 2 rings (SSSR count). The lowest BCUT2D eigenvalue weighted by atomic mass is 10.2. The van der Waals surface area contributed by atoms with Crippen molar-refractivity contribution < 1.29 is 9.90 Å². The predicted molar refractivity (Wildman–Crippen MR) is 99.2 cm³/mol.